The largest absolute Gasteiger partial charge is 0.366 e. The Hall–Kier alpha value is -1.81. The molecular weight excluding hydrogens is 238 g/mol. The van der Waals surface area contributed by atoms with Crippen molar-refractivity contribution in [3.8, 4) is 5.69 Å². The van der Waals surface area contributed by atoms with E-state index in [1.165, 1.54) is 0 Å². The number of carbonyl (C=O) groups excluding carboxylic acids is 1. The highest BCUT2D eigenvalue weighted by Crippen LogP contribution is 2.21. The van der Waals surface area contributed by atoms with Crippen LogP contribution in [-0.2, 0) is 0 Å². The molecule has 1 amide bonds. The minimum Gasteiger partial charge on any atom is -0.366 e. The fourth-order valence-electron chi connectivity index (χ4n) is 1.73. The van der Waals surface area contributed by atoms with Crippen molar-refractivity contribution < 1.29 is 4.79 Å². The Morgan fingerprint density at radius 1 is 1.35 bits per heavy atom. The summed E-state index contributed by atoms with van der Waals surface area (Å²) >= 11 is 5.99. The van der Waals surface area contributed by atoms with Crippen LogP contribution in [0.2, 0.25) is 5.02 Å². The Morgan fingerprint density at radius 3 is 2.53 bits per heavy atom. The SMILES string of the molecule is Cc1cc(C)n(-c2ccc(C(N)=O)c(Cl)c2)n1. The molecule has 1 heterocycles. The van der Waals surface area contributed by atoms with E-state index >= 15 is 0 Å². The average molecular weight is 250 g/mol. The topological polar surface area (TPSA) is 60.9 Å². The van der Waals surface area contributed by atoms with Gasteiger partial charge in [0.05, 0.1) is 22.0 Å². The molecule has 2 N–H and O–H groups in total. The van der Waals surface area contributed by atoms with Gasteiger partial charge in [-0.05, 0) is 38.1 Å². The Bertz CT molecular complexity index is 589. The van der Waals surface area contributed by atoms with E-state index in [4.69, 9.17) is 17.3 Å². The lowest BCUT2D eigenvalue weighted by atomic mass is 10.2. The lowest BCUT2D eigenvalue weighted by Crippen LogP contribution is -2.12. The van der Waals surface area contributed by atoms with E-state index in [9.17, 15) is 4.79 Å². The first kappa shape index (κ1) is 11.7. The van der Waals surface area contributed by atoms with Crippen LogP contribution in [0.15, 0.2) is 24.3 Å². The predicted molar refractivity (Wildman–Crippen MR) is 66.6 cm³/mol. The monoisotopic (exact) mass is 249 g/mol. The standard InChI is InChI=1S/C12H12ClN3O/c1-7-5-8(2)16(15-7)9-3-4-10(12(14)17)11(13)6-9/h3-6H,1-2H3,(H2,14,17). The first-order chi connectivity index (χ1) is 7.99. The third-order valence-corrected chi connectivity index (χ3v) is 2.79. The number of amides is 1. The molecule has 2 aromatic rings. The zero-order valence-electron chi connectivity index (χ0n) is 9.57. The molecule has 0 fully saturated rings. The third-order valence-electron chi connectivity index (χ3n) is 2.47. The van der Waals surface area contributed by atoms with E-state index in [2.05, 4.69) is 5.10 Å². The number of nitrogens with zero attached hydrogens (tertiary/aromatic N) is 2. The van der Waals surface area contributed by atoms with Gasteiger partial charge < -0.3 is 5.73 Å². The van der Waals surface area contributed by atoms with Gasteiger partial charge in [-0.15, -0.1) is 0 Å². The molecule has 4 nitrogen and oxygen atoms in total. The molecule has 0 aliphatic rings. The molecule has 88 valence electrons. The molecule has 1 aromatic carbocycles. The smallest absolute Gasteiger partial charge is 0.250 e. The molecule has 0 bridgehead atoms. The summed E-state index contributed by atoms with van der Waals surface area (Å²) in [4.78, 5) is 11.1. The van der Waals surface area contributed by atoms with Crippen LogP contribution in [0.4, 0.5) is 0 Å². The second-order valence-corrected chi connectivity index (χ2v) is 4.27. The third kappa shape index (κ3) is 2.17. The molecule has 0 aliphatic heterocycles. The zero-order valence-corrected chi connectivity index (χ0v) is 10.3. The number of carbonyl (C=O) groups is 1. The fourth-order valence-corrected chi connectivity index (χ4v) is 1.99. The van der Waals surface area contributed by atoms with Gasteiger partial charge >= 0.3 is 0 Å². The van der Waals surface area contributed by atoms with Crippen molar-refractivity contribution in [1.82, 2.24) is 9.78 Å². The van der Waals surface area contributed by atoms with Crippen LogP contribution >= 0.6 is 11.6 Å². The van der Waals surface area contributed by atoms with Gasteiger partial charge in [-0.2, -0.15) is 5.10 Å². The summed E-state index contributed by atoms with van der Waals surface area (Å²) in [7, 11) is 0. The maximum atomic E-state index is 11.1. The maximum Gasteiger partial charge on any atom is 0.250 e. The second-order valence-electron chi connectivity index (χ2n) is 3.87. The molecule has 17 heavy (non-hydrogen) atoms. The number of benzene rings is 1. The number of hydrogen-bond donors (Lipinski definition) is 1. The first-order valence-electron chi connectivity index (χ1n) is 5.12. The van der Waals surface area contributed by atoms with Crippen LogP contribution in [0.5, 0.6) is 0 Å². The van der Waals surface area contributed by atoms with E-state index in [1.54, 1.807) is 22.9 Å². The summed E-state index contributed by atoms with van der Waals surface area (Å²) in [6.45, 7) is 3.87. The molecule has 5 heteroatoms. The van der Waals surface area contributed by atoms with E-state index < -0.39 is 5.91 Å². The van der Waals surface area contributed by atoms with Gasteiger partial charge in [0.2, 0.25) is 5.91 Å². The highest BCUT2D eigenvalue weighted by atomic mass is 35.5. The van der Waals surface area contributed by atoms with Gasteiger partial charge in [0.25, 0.3) is 0 Å². The normalized spacial score (nSPS) is 10.5. The average Bonchev–Trinajstić information content (AvgIpc) is 2.57. The Kier molecular flexibility index (Phi) is 2.90. The number of rotatable bonds is 2. The van der Waals surface area contributed by atoms with Gasteiger partial charge in [-0.1, -0.05) is 11.6 Å². The molecule has 0 radical (unpaired) electrons. The number of aromatic nitrogens is 2. The summed E-state index contributed by atoms with van der Waals surface area (Å²) in [6, 6.07) is 7.03. The van der Waals surface area contributed by atoms with Crippen LogP contribution in [0.1, 0.15) is 21.7 Å². The Morgan fingerprint density at radius 2 is 2.06 bits per heavy atom. The van der Waals surface area contributed by atoms with Crippen molar-refractivity contribution in [3.63, 3.8) is 0 Å². The molecule has 0 saturated carbocycles. The minimum atomic E-state index is -0.532. The van der Waals surface area contributed by atoms with Crippen molar-refractivity contribution in [2.75, 3.05) is 0 Å². The molecule has 0 aliphatic carbocycles. The molecule has 0 atom stereocenters. The number of aryl methyl sites for hydroxylation is 2. The van der Waals surface area contributed by atoms with Crippen LogP contribution in [0.3, 0.4) is 0 Å². The molecule has 1 aromatic heterocycles. The Labute approximate surface area is 104 Å². The molecular formula is C12H12ClN3O. The van der Waals surface area contributed by atoms with Crippen molar-refractivity contribution in [1.29, 1.82) is 0 Å². The first-order valence-corrected chi connectivity index (χ1v) is 5.50. The van der Waals surface area contributed by atoms with E-state index in [0.717, 1.165) is 17.1 Å². The van der Waals surface area contributed by atoms with E-state index in [1.807, 2.05) is 19.9 Å². The number of hydrogen-bond acceptors (Lipinski definition) is 2. The van der Waals surface area contributed by atoms with Gasteiger partial charge in [-0.25, -0.2) is 4.68 Å². The van der Waals surface area contributed by atoms with Gasteiger partial charge in [0.15, 0.2) is 0 Å². The van der Waals surface area contributed by atoms with Crippen LogP contribution in [-0.4, -0.2) is 15.7 Å². The van der Waals surface area contributed by atoms with Crippen LogP contribution < -0.4 is 5.73 Å². The van der Waals surface area contributed by atoms with E-state index in [-0.39, 0.29) is 0 Å². The minimum absolute atomic E-state index is 0.317. The maximum absolute atomic E-state index is 11.1. The number of nitrogens with two attached hydrogens (primary N) is 1. The molecule has 0 unspecified atom stereocenters. The lowest BCUT2D eigenvalue weighted by molar-refractivity contribution is 0.100. The van der Waals surface area contributed by atoms with Crippen molar-refractivity contribution >= 4 is 17.5 Å². The predicted octanol–water partition coefficient (Wildman–Crippen LogP) is 2.24. The summed E-state index contributed by atoms with van der Waals surface area (Å²) < 4.78 is 1.77. The van der Waals surface area contributed by atoms with Crippen LogP contribution in [0.25, 0.3) is 5.69 Å². The summed E-state index contributed by atoms with van der Waals surface area (Å²) in [5.74, 6) is -0.532. The Balaban J connectivity index is 2.51. The number of primary amides is 1. The van der Waals surface area contributed by atoms with Crippen molar-refractivity contribution in [2.24, 2.45) is 5.73 Å². The van der Waals surface area contributed by atoms with E-state index in [0.29, 0.717) is 10.6 Å². The summed E-state index contributed by atoms with van der Waals surface area (Å²) in [5.41, 5.74) is 8.25. The second kappa shape index (κ2) is 4.22. The molecule has 0 spiro atoms. The highest BCUT2D eigenvalue weighted by Gasteiger charge is 2.09. The summed E-state index contributed by atoms with van der Waals surface area (Å²) in [5, 5.41) is 4.67. The van der Waals surface area contributed by atoms with Gasteiger partial charge in [0, 0.05) is 5.69 Å². The van der Waals surface area contributed by atoms with Crippen molar-refractivity contribution in [2.45, 2.75) is 13.8 Å². The lowest BCUT2D eigenvalue weighted by Gasteiger charge is -2.06. The number of halogens is 1. The quantitative estimate of drug-likeness (QED) is 0.887. The van der Waals surface area contributed by atoms with Crippen molar-refractivity contribution in [3.05, 3.63) is 46.2 Å². The van der Waals surface area contributed by atoms with Crippen LogP contribution in [0, 0.1) is 13.8 Å². The summed E-state index contributed by atoms with van der Waals surface area (Å²) in [6.07, 6.45) is 0. The highest BCUT2D eigenvalue weighted by molar-refractivity contribution is 6.34. The molecule has 2 rings (SSSR count). The van der Waals surface area contributed by atoms with Gasteiger partial charge in [-0.3, -0.25) is 4.79 Å². The zero-order chi connectivity index (χ0) is 12.6. The molecule has 0 saturated heterocycles. The van der Waals surface area contributed by atoms with Gasteiger partial charge in [0.1, 0.15) is 0 Å². The fraction of sp³-hybridized carbons (Fsp3) is 0.167.